The van der Waals surface area contributed by atoms with Gasteiger partial charge in [-0.15, -0.1) is 0 Å². The Kier molecular flexibility index (Phi) is 6.09. The number of nitrogens with zero attached hydrogens (tertiary/aromatic N) is 3. The van der Waals surface area contributed by atoms with E-state index in [1.54, 1.807) is 21.3 Å². The molecular formula is C10H18N4O4. The maximum Gasteiger partial charge on any atom is 0.317 e. The zero-order chi connectivity index (χ0) is 13.4. The van der Waals surface area contributed by atoms with E-state index in [0.29, 0.717) is 24.9 Å². The highest BCUT2D eigenvalue weighted by atomic mass is 16.5. The van der Waals surface area contributed by atoms with E-state index in [0.717, 1.165) is 0 Å². The van der Waals surface area contributed by atoms with Gasteiger partial charge in [0.1, 0.15) is 6.61 Å². The SMILES string of the molecule is COCCN(C)C(=O)NCc1nc(COC)no1. The van der Waals surface area contributed by atoms with Crippen molar-refractivity contribution in [3.63, 3.8) is 0 Å². The van der Waals surface area contributed by atoms with E-state index in [2.05, 4.69) is 15.5 Å². The van der Waals surface area contributed by atoms with Crippen molar-refractivity contribution in [1.29, 1.82) is 0 Å². The molecule has 0 saturated heterocycles. The number of urea groups is 1. The summed E-state index contributed by atoms with van der Waals surface area (Å²) in [7, 11) is 4.81. The molecule has 8 nitrogen and oxygen atoms in total. The molecule has 0 bridgehead atoms. The fourth-order valence-electron chi connectivity index (χ4n) is 1.17. The number of rotatable bonds is 7. The number of hydrogen-bond donors (Lipinski definition) is 1. The fourth-order valence-corrected chi connectivity index (χ4v) is 1.17. The molecule has 0 atom stereocenters. The van der Waals surface area contributed by atoms with Crippen LogP contribution in [0.2, 0.25) is 0 Å². The Bertz CT molecular complexity index is 369. The lowest BCUT2D eigenvalue weighted by molar-refractivity contribution is 0.159. The van der Waals surface area contributed by atoms with Gasteiger partial charge in [0, 0.05) is 27.8 Å². The lowest BCUT2D eigenvalue weighted by atomic mass is 10.5. The lowest BCUT2D eigenvalue weighted by Crippen LogP contribution is -2.38. The van der Waals surface area contributed by atoms with Crippen LogP contribution in [0.1, 0.15) is 11.7 Å². The van der Waals surface area contributed by atoms with E-state index < -0.39 is 0 Å². The number of likely N-dealkylation sites (N-methyl/N-ethyl adjacent to an activating group) is 1. The van der Waals surface area contributed by atoms with Gasteiger partial charge in [0.25, 0.3) is 0 Å². The van der Waals surface area contributed by atoms with Gasteiger partial charge in [-0.1, -0.05) is 5.16 Å². The average molecular weight is 258 g/mol. The van der Waals surface area contributed by atoms with Gasteiger partial charge in [0.15, 0.2) is 5.82 Å². The largest absolute Gasteiger partial charge is 0.383 e. The van der Waals surface area contributed by atoms with Crippen LogP contribution in [0.3, 0.4) is 0 Å². The van der Waals surface area contributed by atoms with Gasteiger partial charge in [-0.3, -0.25) is 0 Å². The van der Waals surface area contributed by atoms with Gasteiger partial charge in [0.2, 0.25) is 5.89 Å². The van der Waals surface area contributed by atoms with Crippen LogP contribution in [-0.4, -0.2) is 55.5 Å². The molecule has 1 aromatic heterocycles. The smallest absolute Gasteiger partial charge is 0.317 e. The first kappa shape index (κ1) is 14.4. The summed E-state index contributed by atoms with van der Waals surface area (Å²) in [5.74, 6) is 0.796. The van der Waals surface area contributed by atoms with E-state index in [4.69, 9.17) is 14.0 Å². The molecular weight excluding hydrogens is 240 g/mol. The molecule has 1 N–H and O–H groups in total. The standard InChI is InChI=1S/C10H18N4O4/c1-14(4-5-16-2)10(15)11-6-9-12-8(7-17-3)13-18-9/h4-7H2,1-3H3,(H,11,15). The van der Waals surface area contributed by atoms with Crippen molar-refractivity contribution in [3.05, 3.63) is 11.7 Å². The van der Waals surface area contributed by atoms with Gasteiger partial charge in [-0.2, -0.15) is 4.98 Å². The van der Waals surface area contributed by atoms with E-state index in [9.17, 15) is 4.79 Å². The summed E-state index contributed by atoms with van der Waals surface area (Å²) in [5.41, 5.74) is 0. The van der Waals surface area contributed by atoms with Crippen LogP contribution in [0.5, 0.6) is 0 Å². The first-order chi connectivity index (χ1) is 8.67. The fraction of sp³-hybridized carbons (Fsp3) is 0.700. The third kappa shape index (κ3) is 4.68. The highest BCUT2D eigenvalue weighted by molar-refractivity contribution is 5.73. The van der Waals surface area contributed by atoms with Gasteiger partial charge in [0.05, 0.1) is 13.2 Å². The van der Waals surface area contributed by atoms with Crippen LogP contribution in [0, 0.1) is 0 Å². The molecule has 0 aliphatic heterocycles. The van der Waals surface area contributed by atoms with Crippen LogP contribution in [0.15, 0.2) is 4.52 Å². The lowest BCUT2D eigenvalue weighted by Gasteiger charge is -2.16. The topological polar surface area (TPSA) is 89.7 Å². The molecule has 8 heteroatoms. The number of aromatic nitrogens is 2. The second-order valence-electron chi connectivity index (χ2n) is 3.61. The summed E-state index contributed by atoms with van der Waals surface area (Å²) < 4.78 is 14.7. The molecule has 102 valence electrons. The maximum absolute atomic E-state index is 11.6. The Labute approximate surface area is 105 Å². The van der Waals surface area contributed by atoms with Crippen molar-refractivity contribution in [2.45, 2.75) is 13.2 Å². The molecule has 0 aliphatic rings. The molecule has 0 radical (unpaired) electrons. The highest BCUT2D eigenvalue weighted by Crippen LogP contribution is 1.98. The van der Waals surface area contributed by atoms with Crippen molar-refractivity contribution < 1.29 is 18.8 Å². The number of amides is 2. The maximum atomic E-state index is 11.6. The zero-order valence-electron chi connectivity index (χ0n) is 10.8. The van der Waals surface area contributed by atoms with Crippen LogP contribution >= 0.6 is 0 Å². The Morgan fingerprint density at radius 2 is 2.22 bits per heavy atom. The van der Waals surface area contributed by atoms with E-state index in [-0.39, 0.29) is 19.2 Å². The van der Waals surface area contributed by atoms with Crippen LogP contribution < -0.4 is 5.32 Å². The third-order valence-corrected chi connectivity index (χ3v) is 2.15. The summed E-state index contributed by atoms with van der Waals surface area (Å²) >= 11 is 0. The van der Waals surface area contributed by atoms with Crippen molar-refractivity contribution in [2.75, 3.05) is 34.4 Å². The summed E-state index contributed by atoms with van der Waals surface area (Å²) in [4.78, 5) is 17.1. The second kappa shape index (κ2) is 7.62. The number of carbonyl (C=O) groups excluding carboxylic acids is 1. The van der Waals surface area contributed by atoms with Crippen molar-refractivity contribution in [2.24, 2.45) is 0 Å². The van der Waals surface area contributed by atoms with E-state index in [1.165, 1.54) is 4.90 Å². The monoisotopic (exact) mass is 258 g/mol. The molecule has 1 heterocycles. The molecule has 0 spiro atoms. The molecule has 0 aliphatic carbocycles. The minimum Gasteiger partial charge on any atom is -0.383 e. The van der Waals surface area contributed by atoms with Gasteiger partial charge < -0.3 is 24.2 Å². The predicted octanol–water partition coefficient (Wildman–Crippen LogP) is 0.00380. The van der Waals surface area contributed by atoms with Gasteiger partial charge in [-0.05, 0) is 0 Å². The average Bonchev–Trinajstić information content (AvgIpc) is 2.81. The summed E-state index contributed by atoms with van der Waals surface area (Å²) in [6, 6.07) is -0.224. The summed E-state index contributed by atoms with van der Waals surface area (Å²) in [6.07, 6.45) is 0. The zero-order valence-corrected chi connectivity index (χ0v) is 10.8. The van der Waals surface area contributed by atoms with Crippen molar-refractivity contribution in [3.8, 4) is 0 Å². The Hall–Kier alpha value is -1.67. The van der Waals surface area contributed by atoms with Crippen LogP contribution in [-0.2, 0) is 22.6 Å². The Morgan fingerprint density at radius 1 is 1.44 bits per heavy atom. The molecule has 0 saturated carbocycles. The molecule has 2 amide bonds. The van der Waals surface area contributed by atoms with E-state index >= 15 is 0 Å². The number of ether oxygens (including phenoxy) is 2. The molecule has 18 heavy (non-hydrogen) atoms. The van der Waals surface area contributed by atoms with Gasteiger partial charge >= 0.3 is 6.03 Å². The normalized spacial score (nSPS) is 10.4. The summed E-state index contributed by atoms with van der Waals surface area (Å²) in [5, 5.41) is 6.34. The van der Waals surface area contributed by atoms with Crippen LogP contribution in [0.25, 0.3) is 0 Å². The van der Waals surface area contributed by atoms with E-state index in [1.807, 2.05) is 0 Å². The molecule has 1 aromatic rings. The molecule has 0 unspecified atom stereocenters. The molecule has 1 rings (SSSR count). The first-order valence-electron chi connectivity index (χ1n) is 5.45. The predicted molar refractivity (Wildman–Crippen MR) is 61.8 cm³/mol. The van der Waals surface area contributed by atoms with Crippen LogP contribution in [0.4, 0.5) is 4.79 Å². The number of nitrogens with one attached hydrogen (secondary N) is 1. The molecule has 0 aromatic carbocycles. The van der Waals surface area contributed by atoms with Crippen molar-refractivity contribution in [1.82, 2.24) is 20.4 Å². The highest BCUT2D eigenvalue weighted by Gasteiger charge is 2.10. The Morgan fingerprint density at radius 3 is 2.89 bits per heavy atom. The minimum absolute atomic E-state index is 0.187. The quantitative estimate of drug-likeness (QED) is 0.740. The third-order valence-electron chi connectivity index (χ3n) is 2.15. The molecule has 0 fully saturated rings. The second-order valence-corrected chi connectivity index (χ2v) is 3.61. The van der Waals surface area contributed by atoms with Gasteiger partial charge in [-0.25, -0.2) is 4.79 Å². The number of carbonyl (C=O) groups is 1. The minimum atomic E-state index is -0.224. The number of hydrogen-bond acceptors (Lipinski definition) is 6. The Balaban J connectivity index is 2.32. The van der Waals surface area contributed by atoms with Crippen molar-refractivity contribution >= 4 is 6.03 Å². The number of methoxy groups -OCH3 is 2. The summed E-state index contributed by atoms with van der Waals surface area (Å²) in [6.45, 7) is 1.47. The first-order valence-corrected chi connectivity index (χ1v) is 5.45.